The Bertz CT molecular complexity index is 1610. The molecule has 0 fully saturated rings. The van der Waals surface area contributed by atoms with Gasteiger partial charge in [-0.1, -0.05) is 54.6 Å². The third kappa shape index (κ3) is 5.06. The normalized spacial score (nSPS) is 11.4. The van der Waals surface area contributed by atoms with E-state index in [4.69, 9.17) is 14.5 Å². The van der Waals surface area contributed by atoms with Crippen molar-refractivity contribution in [2.45, 2.75) is 6.92 Å². The summed E-state index contributed by atoms with van der Waals surface area (Å²) in [6.45, 7) is 1.88. The van der Waals surface area contributed by atoms with Crippen LogP contribution >= 0.6 is 0 Å². The van der Waals surface area contributed by atoms with E-state index < -0.39 is 0 Å². The molecule has 2 aromatic heterocycles. The second kappa shape index (κ2) is 10.4. The molecule has 7 heteroatoms. The first-order valence-electron chi connectivity index (χ1n) is 11.8. The number of hydrogen-bond donors (Lipinski definition) is 1. The van der Waals surface area contributed by atoms with Crippen molar-refractivity contribution in [2.75, 3.05) is 19.5 Å². The van der Waals surface area contributed by atoms with Gasteiger partial charge in [-0.2, -0.15) is 9.78 Å². The van der Waals surface area contributed by atoms with Gasteiger partial charge in [0.05, 0.1) is 25.4 Å². The number of para-hydroxylation sites is 1. The molecule has 0 saturated heterocycles. The van der Waals surface area contributed by atoms with Crippen molar-refractivity contribution < 1.29 is 14.3 Å². The highest BCUT2D eigenvalue weighted by atomic mass is 16.5. The Morgan fingerprint density at radius 1 is 0.865 bits per heavy atom. The Morgan fingerprint density at radius 2 is 1.62 bits per heavy atom. The van der Waals surface area contributed by atoms with Crippen LogP contribution < -0.4 is 14.8 Å². The molecule has 3 aromatic carbocycles. The first-order valence-corrected chi connectivity index (χ1v) is 11.8. The smallest absolute Gasteiger partial charge is 0.257 e. The lowest BCUT2D eigenvalue weighted by molar-refractivity contribution is -0.111. The first kappa shape index (κ1) is 23.8. The summed E-state index contributed by atoms with van der Waals surface area (Å²) in [5.74, 6) is 2.07. The van der Waals surface area contributed by atoms with Crippen LogP contribution in [0.3, 0.4) is 0 Å². The summed E-state index contributed by atoms with van der Waals surface area (Å²) in [6.07, 6.45) is 1.83. The molecule has 0 spiro atoms. The van der Waals surface area contributed by atoms with E-state index >= 15 is 0 Å². The number of rotatable bonds is 7. The monoisotopic (exact) mass is 490 g/mol. The predicted molar refractivity (Wildman–Crippen MR) is 146 cm³/mol. The van der Waals surface area contributed by atoms with E-state index in [1.807, 2.05) is 104 Å². The third-order valence-electron chi connectivity index (χ3n) is 5.92. The van der Waals surface area contributed by atoms with Gasteiger partial charge in [-0.05, 0) is 54.5 Å². The summed E-state index contributed by atoms with van der Waals surface area (Å²) < 4.78 is 12.4. The molecule has 184 valence electrons. The summed E-state index contributed by atoms with van der Waals surface area (Å²) in [5, 5.41) is 8.67. The fraction of sp³-hybridized carbons (Fsp3) is 0.100. The molecule has 0 bridgehead atoms. The van der Waals surface area contributed by atoms with Crippen LogP contribution in [0, 0.1) is 6.92 Å². The molecule has 0 aliphatic rings. The minimum atomic E-state index is -0.275. The second-order valence-electron chi connectivity index (χ2n) is 8.44. The van der Waals surface area contributed by atoms with Crippen molar-refractivity contribution in [1.29, 1.82) is 0 Å². The molecule has 0 aliphatic carbocycles. The Kier molecular flexibility index (Phi) is 6.68. The fourth-order valence-electron chi connectivity index (χ4n) is 4.13. The fourth-order valence-corrected chi connectivity index (χ4v) is 4.13. The number of carbonyl (C=O) groups is 1. The van der Waals surface area contributed by atoms with Crippen molar-refractivity contribution in [3.8, 4) is 17.3 Å². The maximum atomic E-state index is 13.7. The van der Waals surface area contributed by atoms with E-state index in [9.17, 15) is 4.79 Å². The maximum Gasteiger partial charge on any atom is 0.257 e. The lowest BCUT2D eigenvalue weighted by Crippen LogP contribution is -2.17. The summed E-state index contributed by atoms with van der Waals surface area (Å²) in [7, 11) is 3.17. The van der Waals surface area contributed by atoms with E-state index in [0.29, 0.717) is 28.7 Å². The summed E-state index contributed by atoms with van der Waals surface area (Å²) in [6, 6.07) is 28.6. The topological polar surface area (TPSA) is 78.3 Å². The lowest BCUT2D eigenvalue weighted by atomic mass is 10.0. The molecular formula is C30H26N4O3. The van der Waals surface area contributed by atoms with Gasteiger partial charge in [-0.15, -0.1) is 0 Å². The van der Waals surface area contributed by atoms with Crippen molar-refractivity contribution in [3.63, 3.8) is 0 Å². The number of aromatic nitrogens is 3. The van der Waals surface area contributed by atoms with Crippen molar-refractivity contribution in [1.82, 2.24) is 14.8 Å². The van der Waals surface area contributed by atoms with Crippen LogP contribution in [-0.2, 0) is 4.79 Å². The molecule has 1 amide bonds. The number of nitrogens with zero attached hydrogens (tertiary/aromatic N) is 3. The van der Waals surface area contributed by atoms with E-state index in [1.54, 1.807) is 18.9 Å². The average Bonchev–Trinajstić information content (AvgIpc) is 3.31. The molecule has 37 heavy (non-hydrogen) atoms. The molecule has 0 saturated carbocycles. The van der Waals surface area contributed by atoms with Crippen molar-refractivity contribution >= 4 is 34.3 Å². The summed E-state index contributed by atoms with van der Waals surface area (Å²) in [5.41, 5.74) is 3.68. The van der Waals surface area contributed by atoms with Gasteiger partial charge in [-0.25, -0.2) is 4.98 Å². The van der Waals surface area contributed by atoms with Gasteiger partial charge in [0.2, 0.25) is 0 Å². The zero-order chi connectivity index (χ0) is 25.8. The molecule has 5 rings (SSSR count). The van der Waals surface area contributed by atoms with Gasteiger partial charge >= 0.3 is 0 Å². The third-order valence-corrected chi connectivity index (χ3v) is 5.92. The molecule has 7 nitrogen and oxygen atoms in total. The largest absolute Gasteiger partial charge is 0.493 e. The van der Waals surface area contributed by atoms with Crippen molar-refractivity contribution in [3.05, 3.63) is 108 Å². The minimum absolute atomic E-state index is 0.275. The van der Waals surface area contributed by atoms with Gasteiger partial charge in [-0.3, -0.25) is 4.79 Å². The number of ether oxygens (including phenoxy) is 2. The van der Waals surface area contributed by atoms with Crippen LogP contribution in [0.1, 0.15) is 16.8 Å². The van der Waals surface area contributed by atoms with Crippen LogP contribution in [0.25, 0.3) is 28.4 Å². The predicted octanol–water partition coefficient (Wildman–Crippen LogP) is 5.93. The number of nitrogens with one attached hydrogen (secondary N) is 1. The van der Waals surface area contributed by atoms with Crippen LogP contribution in [0.2, 0.25) is 0 Å². The number of amides is 1. The van der Waals surface area contributed by atoms with Gasteiger partial charge in [0.25, 0.3) is 5.91 Å². The van der Waals surface area contributed by atoms with E-state index in [2.05, 4.69) is 10.4 Å². The second-order valence-corrected chi connectivity index (χ2v) is 8.44. The van der Waals surface area contributed by atoms with E-state index in [0.717, 1.165) is 27.7 Å². The van der Waals surface area contributed by atoms with Crippen LogP contribution in [0.4, 0.5) is 5.82 Å². The van der Waals surface area contributed by atoms with Gasteiger partial charge in [0.1, 0.15) is 5.82 Å². The molecule has 0 aliphatic heterocycles. The molecule has 0 atom stereocenters. The number of anilines is 1. The number of methoxy groups -OCH3 is 2. The zero-order valence-electron chi connectivity index (χ0n) is 20.8. The Labute approximate surface area is 215 Å². The van der Waals surface area contributed by atoms with Crippen LogP contribution in [0.15, 0.2) is 91.0 Å². The summed E-state index contributed by atoms with van der Waals surface area (Å²) >= 11 is 0. The van der Waals surface area contributed by atoms with Gasteiger partial charge < -0.3 is 14.8 Å². The quantitative estimate of drug-likeness (QED) is 0.226. The van der Waals surface area contributed by atoms with Crippen LogP contribution in [-0.4, -0.2) is 34.9 Å². The Hall–Kier alpha value is -4.91. The molecule has 5 aromatic rings. The summed E-state index contributed by atoms with van der Waals surface area (Å²) in [4.78, 5) is 18.4. The molecule has 1 N–H and O–H groups in total. The van der Waals surface area contributed by atoms with Gasteiger partial charge in [0, 0.05) is 17.0 Å². The number of pyridine rings is 1. The molecule has 2 heterocycles. The average molecular weight is 491 g/mol. The SMILES string of the molecule is COc1ccc(/C=C(/C(=O)Nc2cc(C)nn2-c2ccc3ccccc3n2)c2ccccc2)cc1OC. The molecule has 0 radical (unpaired) electrons. The number of aryl methyl sites for hydroxylation is 1. The highest BCUT2D eigenvalue weighted by Gasteiger charge is 2.17. The highest BCUT2D eigenvalue weighted by Crippen LogP contribution is 2.30. The van der Waals surface area contributed by atoms with E-state index in [1.165, 1.54) is 0 Å². The van der Waals surface area contributed by atoms with E-state index in [-0.39, 0.29) is 5.91 Å². The highest BCUT2D eigenvalue weighted by molar-refractivity contribution is 6.29. The molecule has 0 unspecified atom stereocenters. The minimum Gasteiger partial charge on any atom is -0.493 e. The number of benzene rings is 3. The number of carbonyl (C=O) groups excluding carboxylic acids is 1. The molecular weight excluding hydrogens is 464 g/mol. The lowest BCUT2D eigenvalue weighted by Gasteiger charge is -2.12. The standard InChI is InChI=1S/C30H26N4O3/c1-20-17-29(34(33-20)28-16-14-23-11-7-8-12-25(23)31-28)32-30(35)24(22-9-5-4-6-10-22)18-21-13-15-26(36-2)27(19-21)37-3/h4-19H,1-3H3,(H,32,35)/b24-18+. The zero-order valence-corrected chi connectivity index (χ0v) is 20.8. The maximum absolute atomic E-state index is 13.7. The first-order chi connectivity index (χ1) is 18.1. The van der Waals surface area contributed by atoms with Crippen molar-refractivity contribution in [2.24, 2.45) is 0 Å². The Morgan fingerprint density at radius 3 is 2.41 bits per heavy atom. The number of fused-ring (bicyclic) bond motifs is 1. The number of hydrogen-bond acceptors (Lipinski definition) is 5. The Balaban J connectivity index is 1.53. The van der Waals surface area contributed by atoms with Crippen LogP contribution in [0.5, 0.6) is 11.5 Å². The van der Waals surface area contributed by atoms with Gasteiger partial charge in [0.15, 0.2) is 17.3 Å².